The van der Waals surface area contributed by atoms with Gasteiger partial charge in [-0.25, -0.2) is 4.79 Å². The van der Waals surface area contributed by atoms with Gasteiger partial charge < -0.3 is 10.1 Å². The summed E-state index contributed by atoms with van der Waals surface area (Å²) < 4.78 is 4.40. The topological polar surface area (TPSA) is 50.4 Å². The van der Waals surface area contributed by atoms with E-state index in [1.807, 2.05) is 31.2 Å². The maximum Gasteiger partial charge on any atom is 0.413 e. The summed E-state index contributed by atoms with van der Waals surface area (Å²) in [6.07, 6.45) is -0.583. The van der Waals surface area contributed by atoms with E-state index < -0.39 is 6.09 Å². The van der Waals surface area contributed by atoms with Crippen LogP contribution in [0.3, 0.4) is 0 Å². The van der Waals surface area contributed by atoms with E-state index in [4.69, 9.17) is 12.2 Å². The van der Waals surface area contributed by atoms with Crippen molar-refractivity contribution in [2.75, 3.05) is 12.4 Å². The summed E-state index contributed by atoms with van der Waals surface area (Å²) >= 11 is 4.90. The molecular formula is C10H12N2O2S. The lowest BCUT2D eigenvalue weighted by Gasteiger charge is -2.08. The molecule has 4 nitrogen and oxygen atoms in total. The molecule has 0 saturated carbocycles. The molecule has 0 fully saturated rings. The van der Waals surface area contributed by atoms with E-state index in [0.717, 1.165) is 11.3 Å². The number of ether oxygens (including phenoxy) is 1. The molecule has 1 aromatic carbocycles. The van der Waals surface area contributed by atoms with Crippen LogP contribution in [0.15, 0.2) is 24.3 Å². The number of alkyl carbamates (subject to hydrolysis) is 1. The van der Waals surface area contributed by atoms with Crippen molar-refractivity contribution in [3.8, 4) is 0 Å². The zero-order valence-electron chi connectivity index (χ0n) is 8.53. The standard InChI is InChI=1S/C10H12N2O2S/c1-7-4-3-5-8(6-7)11-9(15)12-10(13)14-2/h3-6H,1-2H3,(H2,11,12,13,15). The van der Waals surface area contributed by atoms with Gasteiger partial charge in [0.05, 0.1) is 7.11 Å². The summed E-state index contributed by atoms with van der Waals surface area (Å²) in [6.45, 7) is 1.97. The van der Waals surface area contributed by atoms with E-state index in [0.29, 0.717) is 0 Å². The van der Waals surface area contributed by atoms with Crippen molar-refractivity contribution in [1.82, 2.24) is 5.32 Å². The molecule has 2 N–H and O–H groups in total. The SMILES string of the molecule is COC(=O)NC(=S)Nc1cccc(C)c1. The number of aryl methyl sites for hydroxylation is 1. The van der Waals surface area contributed by atoms with E-state index in [-0.39, 0.29) is 5.11 Å². The van der Waals surface area contributed by atoms with Crippen molar-refractivity contribution in [1.29, 1.82) is 0 Å². The second kappa shape index (κ2) is 5.31. The Morgan fingerprint density at radius 3 is 2.80 bits per heavy atom. The van der Waals surface area contributed by atoms with Crippen LogP contribution in [-0.4, -0.2) is 18.3 Å². The van der Waals surface area contributed by atoms with Crippen molar-refractivity contribution >= 4 is 29.1 Å². The van der Waals surface area contributed by atoms with Crippen molar-refractivity contribution in [3.63, 3.8) is 0 Å². The molecule has 5 heteroatoms. The Hall–Kier alpha value is -1.62. The molecule has 1 rings (SSSR count). The number of carbonyl (C=O) groups is 1. The molecule has 1 aromatic rings. The van der Waals surface area contributed by atoms with Crippen molar-refractivity contribution in [2.24, 2.45) is 0 Å². The second-order valence-corrected chi connectivity index (χ2v) is 3.35. The number of thiocarbonyl (C=S) groups is 1. The quantitative estimate of drug-likeness (QED) is 0.717. The van der Waals surface area contributed by atoms with Crippen LogP contribution in [0.2, 0.25) is 0 Å². The van der Waals surface area contributed by atoms with E-state index in [2.05, 4.69) is 15.4 Å². The molecule has 0 aliphatic carbocycles. The Morgan fingerprint density at radius 2 is 2.20 bits per heavy atom. The van der Waals surface area contributed by atoms with Gasteiger partial charge >= 0.3 is 6.09 Å². The highest BCUT2D eigenvalue weighted by Gasteiger charge is 2.02. The van der Waals surface area contributed by atoms with Crippen molar-refractivity contribution in [2.45, 2.75) is 6.92 Å². The lowest BCUT2D eigenvalue weighted by Crippen LogP contribution is -2.33. The highest BCUT2D eigenvalue weighted by Crippen LogP contribution is 2.08. The molecule has 0 spiro atoms. The molecule has 0 aromatic heterocycles. The third-order valence-corrected chi connectivity index (χ3v) is 1.88. The monoisotopic (exact) mass is 224 g/mol. The predicted octanol–water partition coefficient (Wildman–Crippen LogP) is 2.05. The van der Waals surface area contributed by atoms with Crippen LogP contribution in [0, 0.1) is 6.92 Å². The molecule has 15 heavy (non-hydrogen) atoms. The van der Waals surface area contributed by atoms with Crippen LogP contribution in [0.4, 0.5) is 10.5 Å². The number of carbonyl (C=O) groups excluding carboxylic acids is 1. The third kappa shape index (κ3) is 3.95. The third-order valence-electron chi connectivity index (χ3n) is 1.68. The van der Waals surface area contributed by atoms with Crippen LogP contribution < -0.4 is 10.6 Å². The van der Waals surface area contributed by atoms with Gasteiger partial charge in [0, 0.05) is 5.69 Å². The van der Waals surface area contributed by atoms with Gasteiger partial charge in [-0.3, -0.25) is 5.32 Å². The van der Waals surface area contributed by atoms with Crippen LogP contribution in [0.1, 0.15) is 5.56 Å². The Bertz CT molecular complexity index is 379. The van der Waals surface area contributed by atoms with Crippen molar-refractivity contribution in [3.05, 3.63) is 29.8 Å². The number of benzene rings is 1. The smallest absolute Gasteiger partial charge is 0.413 e. The van der Waals surface area contributed by atoms with Crippen molar-refractivity contribution < 1.29 is 9.53 Å². The van der Waals surface area contributed by atoms with Crippen LogP contribution in [-0.2, 0) is 4.74 Å². The number of hydrogen-bond acceptors (Lipinski definition) is 3. The van der Waals surface area contributed by atoms with E-state index >= 15 is 0 Å². The molecule has 0 aliphatic heterocycles. The number of anilines is 1. The molecule has 0 atom stereocenters. The fourth-order valence-electron chi connectivity index (χ4n) is 1.03. The largest absolute Gasteiger partial charge is 0.453 e. The average molecular weight is 224 g/mol. The molecule has 0 bridgehead atoms. The summed E-state index contributed by atoms with van der Waals surface area (Å²) in [6, 6.07) is 7.66. The fourth-order valence-corrected chi connectivity index (χ4v) is 1.23. The van der Waals surface area contributed by atoms with Crippen LogP contribution in [0.25, 0.3) is 0 Å². The average Bonchev–Trinajstić information content (AvgIpc) is 2.17. The molecule has 0 saturated heterocycles. The van der Waals surface area contributed by atoms with Crippen LogP contribution in [0.5, 0.6) is 0 Å². The normalized spacial score (nSPS) is 9.20. The number of nitrogens with one attached hydrogen (secondary N) is 2. The fraction of sp³-hybridized carbons (Fsp3) is 0.200. The first-order valence-corrected chi connectivity index (χ1v) is 4.75. The summed E-state index contributed by atoms with van der Waals surface area (Å²) in [5, 5.41) is 5.44. The second-order valence-electron chi connectivity index (χ2n) is 2.94. The molecular weight excluding hydrogens is 212 g/mol. The number of rotatable bonds is 1. The maximum absolute atomic E-state index is 10.8. The predicted molar refractivity (Wildman–Crippen MR) is 62.9 cm³/mol. The zero-order valence-corrected chi connectivity index (χ0v) is 9.35. The summed E-state index contributed by atoms with van der Waals surface area (Å²) in [5.74, 6) is 0. The molecule has 0 aliphatic rings. The van der Waals surface area contributed by atoms with Gasteiger partial charge in [-0.15, -0.1) is 0 Å². The van der Waals surface area contributed by atoms with Gasteiger partial charge in [0.15, 0.2) is 5.11 Å². The molecule has 0 radical (unpaired) electrons. The van der Waals surface area contributed by atoms with Gasteiger partial charge in [0.1, 0.15) is 0 Å². The minimum atomic E-state index is -0.583. The Morgan fingerprint density at radius 1 is 1.47 bits per heavy atom. The lowest BCUT2D eigenvalue weighted by atomic mass is 10.2. The Balaban J connectivity index is 2.55. The summed E-state index contributed by atoms with van der Waals surface area (Å²) in [4.78, 5) is 10.8. The zero-order chi connectivity index (χ0) is 11.3. The van der Waals surface area contributed by atoms with Gasteiger partial charge in [-0.2, -0.15) is 0 Å². The highest BCUT2D eigenvalue weighted by atomic mass is 32.1. The molecule has 0 heterocycles. The van der Waals surface area contributed by atoms with E-state index in [1.165, 1.54) is 7.11 Å². The summed E-state index contributed by atoms with van der Waals surface area (Å²) in [5.41, 5.74) is 1.94. The Labute approximate surface area is 93.6 Å². The first-order valence-electron chi connectivity index (χ1n) is 4.34. The first kappa shape index (κ1) is 11.5. The van der Waals surface area contributed by atoms with Gasteiger partial charge in [-0.05, 0) is 36.8 Å². The maximum atomic E-state index is 10.8. The molecule has 80 valence electrons. The Kier molecular flexibility index (Phi) is 4.05. The minimum absolute atomic E-state index is 0.215. The lowest BCUT2D eigenvalue weighted by molar-refractivity contribution is 0.177. The first-order chi connectivity index (χ1) is 7.11. The molecule has 0 unspecified atom stereocenters. The van der Waals surface area contributed by atoms with E-state index in [1.54, 1.807) is 0 Å². The van der Waals surface area contributed by atoms with Gasteiger partial charge in [-0.1, -0.05) is 12.1 Å². The van der Waals surface area contributed by atoms with Gasteiger partial charge in [0.25, 0.3) is 0 Å². The summed E-state index contributed by atoms with van der Waals surface area (Å²) in [7, 11) is 1.28. The minimum Gasteiger partial charge on any atom is -0.453 e. The number of amides is 1. The van der Waals surface area contributed by atoms with Gasteiger partial charge in [0.2, 0.25) is 0 Å². The molecule has 1 amide bonds. The van der Waals surface area contributed by atoms with Crippen LogP contribution >= 0.6 is 12.2 Å². The number of hydrogen-bond donors (Lipinski definition) is 2. The highest BCUT2D eigenvalue weighted by molar-refractivity contribution is 7.80. The van der Waals surface area contributed by atoms with E-state index in [9.17, 15) is 4.79 Å². The number of methoxy groups -OCH3 is 1.